The summed E-state index contributed by atoms with van der Waals surface area (Å²) in [4.78, 5) is 19.2. The van der Waals surface area contributed by atoms with E-state index in [1.807, 2.05) is 61.5 Å². The molecule has 2 aromatic carbocycles. The summed E-state index contributed by atoms with van der Waals surface area (Å²) in [5, 5.41) is 4.07. The molecule has 0 saturated carbocycles. The second kappa shape index (κ2) is 6.22. The number of benzene rings is 2. The number of aryl methyl sites for hydroxylation is 1. The Morgan fingerprint density at radius 3 is 2.48 bits per heavy atom. The lowest BCUT2D eigenvalue weighted by Gasteiger charge is -2.26. The monoisotopic (exact) mass is 349 g/mol. The van der Waals surface area contributed by atoms with Crippen molar-refractivity contribution in [2.75, 3.05) is 10.2 Å². The van der Waals surface area contributed by atoms with Gasteiger partial charge in [-0.25, -0.2) is 0 Å². The van der Waals surface area contributed by atoms with Gasteiger partial charge < -0.3 is 5.32 Å². The topological polar surface area (TPSA) is 45.2 Å². The van der Waals surface area contributed by atoms with Gasteiger partial charge in [-0.1, -0.05) is 29.3 Å². The Labute approximate surface area is 151 Å². The third kappa shape index (κ3) is 2.85. The summed E-state index contributed by atoms with van der Waals surface area (Å²) < 4.78 is 0. The van der Waals surface area contributed by atoms with Gasteiger partial charge in [0.2, 0.25) is 0 Å². The van der Waals surface area contributed by atoms with Crippen molar-refractivity contribution in [1.29, 1.82) is 0 Å². The fourth-order valence-electron chi connectivity index (χ4n) is 2.99. The maximum absolute atomic E-state index is 13.0. The minimum atomic E-state index is -0.368. The van der Waals surface area contributed by atoms with Gasteiger partial charge in [0.25, 0.3) is 5.91 Å². The molecule has 0 saturated heterocycles. The first-order valence-corrected chi connectivity index (χ1v) is 8.38. The lowest BCUT2D eigenvalue weighted by Crippen LogP contribution is -2.32. The predicted molar refractivity (Wildman–Crippen MR) is 100 cm³/mol. The Balaban J connectivity index is 1.77. The molecule has 25 heavy (non-hydrogen) atoms. The summed E-state index contributed by atoms with van der Waals surface area (Å²) in [7, 11) is 0. The van der Waals surface area contributed by atoms with Crippen LogP contribution < -0.4 is 10.2 Å². The third-order valence-electron chi connectivity index (χ3n) is 4.26. The van der Waals surface area contributed by atoms with Crippen LogP contribution in [0.3, 0.4) is 0 Å². The number of hydrogen-bond donors (Lipinski definition) is 1. The standard InChI is InChI=1S/C20H16ClN3O/c1-13-4-10-16(11-5-13)24-19(23-15-8-6-14(21)7-9-15)18-17(20(24)25)3-2-12-22-18/h2-12,19,23H,1H3. The molecule has 5 heteroatoms. The smallest absolute Gasteiger partial charge is 0.262 e. The average molecular weight is 350 g/mol. The maximum atomic E-state index is 13.0. The van der Waals surface area contributed by atoms with Gasteiger partial charge in [-0.3, -0.25) is 14.7 Å². The van der Waals surface area contributed by atoms with Crippen LogP contribution in [0.1, 0.15) is 27.8 Å². The summed E-state index contributed by atoms with van der Waals surface area (Å²) >= 11 is 5.97. The zero-order valence-electron chi connectivity index (χ0n) is 13.6. The highest BCUT2D eigenvalue weighted by Crippen LogP contribution is 2.37. The molecule has 3 aromatic rings. The number of halogens is 1. The molecule has 1 atom stereocenters. The molecule has 0 radical (unpaired) electrons. The van der Waals surface area contributed by atoms with E-state index < -0.39 is 0 Å². The van der Waals surface area contributed by atoms with Gasteiger partial charge in [-0.2, -0.15) is 0 Å². The van der Waals surface area contributed by atoms with Gasteiger partial charge >= 0.3 is 0 Å². The second-order valence-electron chi connectivity index (χ2n) is 6.00. The first-order chi connectivity index (χ1) is 12.1. The molecule has 0 aliphatic carbocycles. The van der Waals surface area contributed by atoms with E-state index in [-0.39, 0.29) is 12.1 Å². The fraction of sp³-hybridized carbons (Fsp3) is 0.100. The molecule has 1 N–H and O–H groups in total. The molecule has 0 bridgehead atoms. The van der Waals surface area contributed by atoms with E-state index in [1.165, 1.54) is 0 Å². The van der Waals surface area contributed by atoms with Crippen LogP contribution in [-0.4, -0.2) is 10.9 Å². The van der Waals surface area contributed by atoms with Crippen molar-refractivity contribution >= 4 is 28.9 Å². The number of anilines is 2. The summed E-state index contributed by atoms with van der Waals surface area (Å²) in [6.07, 6.45) is 1.34. The molecule has 1 aliphatic heterocycles. The summed E-state index contributed by atoms with van der Waals surface area (Å²) in [6, 6.07) is 18.9. The van der Waals surface area contributed by atoms with Crippen molar-refractivity contribution < 1.29 is 4.79 Å². The average Bonchev–Trinajstić information content (AvgIpc) is 2.90. The number of carbonyl (C=O) groups excluding carboxylic acids is 1. The Morgan fingerprint density at radius 1 is 1.04 bits per heavy atom. The highest BCUT2D eigenvalue weighted by molar-refractivity contribution is 6.30. The number of pyridine rings is 1. The summed E-state index contributed by atoms with van der Waals surface area (Å²) in [6.45, 7) is 2.02. The number of hydrogen-bond acceptors (Lipinski definition) is 3. The summed E-state index contributed by atoms with van der Waals surface area (Å²) in [5.74, 6) is -0.0570. The molecule has 1 unspecified atom stereocenters. The molecule has 124 valence electrons. The van der Waals surface area contributed by atoms with Gasteiger partial charge in [-0.05, 0) is 55.5 Å². The van der Waals surface area contributed by atoms with E-state index in [0.717, 1.165) is 22.6 Å². The number of amides is 1. The molecule has 2 heterocycles. The third-order valence-corrected chi connectivity index (χ3v) is 4.52. The number of carbonyl (C=O) groups is 1. The predicted octanol–water partition coefficient (Wildman–Crippen LogP) is 4.81. The molecule has 1 aromatic heterocycles. The molecular weight excluding hydrogens is 334 g/mol. The Bertz CT molecular complexity index is 922. The van der Waals surface area contributed by atoms with E-state index in [4.69, 9.17) is 11.6 Å². The first-order valence-electron chi connectivity index (χ1n) is 8.01. The Kier molecular flexibility index (Phi) is 3.90. The Morgan fingerprint density at radius 2 is 1.76 bits per heavy atom. The number of fused-ring (bicyclic) bond motifs is 1. The molecule has 1 amide bonds. The highest BCUT2D eigenvalue weighted by Gasteiger charge is 2.38. The Hall–Kier alpha value is -2.85. The van der Waals surface area contributed by atoms with Crippen LogP contribution in [0.4, 0.5) is 11.4 Å². The van der Waals surface area contributed by atoms with Crippen LogP contribution >= 0.6 is 11.6 Å². The first kappa shape index (κ1) is 15.7. The van der Waals surface area contributed by atoms with Gasteiger partial charge in [0, 0.05) is 22.6 Å². The maximum Gasteiger partial charge on any atom is 0.262 e. The number of nitrogens with one attached hydrogen (secondary N) is 1. The minimum Gasteiger partial charge on any atom is -0.360 e. The van der Waals surface area contributed by atoms with Crippen molar-refractivity contribution in [3.8, 4) is 0 Å². The molecule has 0 fully saturated rings. The van der Waals surface area contributed by atoms with Gasteiger partial charge in [0.15, 0.2) is 6.17 Å². The molecule has 4 rings (SSSR count). The zero-order valence-corrected chi connectivity index (χ0v) is 14.4. The number of rotatable bonds is 3. The van der Waals surface area contributed by atoms with E-state index >= 15 is 0 Å². The molecular formula is C20H16ClN3O. The van der Waals surface area contributed by atoms with E-state index in [0.29, 0.717) is 10.6 Å². The SMILES string of the molecule is Cc1ccc(N2C(=O)c3cccnc3C2Nc2ccc(Cl)cc2)cc1. The van der Waals surface area contributed by atoms with Crippen molar-refractivity contribution in [3.05, 3.63) is 88.7 Å². The fourth-order valence-corrected chi connectivity index (χ4v) is 3.12. The normalized spacial score (nSPS) is 16.0. The lowest BCUT2D eigenvalue weighted by atomic mass is 10.2. The highest BCUT2D eigenvalue weighted by atomic mass is 35.5. The van der Waals surface area contributed by atoms with Crippen molar-refractivity contribution in [2.45, 2.75) is 13.1 Å². The van der Waals surface area contributed by atoms with Crippen LogP contribution in [0.15, 0.2) is 66.9 Å². The van der Waals surface area contributed by atoms with Crippen LogP contribution in [0.5, 0.6) is 0 Å². The van der Waals surface area contributed by atoms with E-state index in [9.17, 15) is 4.79 Å². The van der Waals surface area contributed by atoms with Crippen LogP contribution in [-0.2, 0) is 0 Å². The van der Waals surface area contributed by atoms with Crippen LogP contribution in [0, 0.1) is 6.92 Å². The minimum absolute atomic E-state index is 0.0570. The van der Waals surface area contributed by atoms with Crippen molar-refractivity contribution in [1.82, 2.24) is 4.98 Å². The van der Waals surface area contributed by atoms with E-state index in [1.54, 1.807) is 17.2 Å². The van der Waals surface area contributed by atoms with Gasteiger partial charge in [0.1, 0.15) is 0 Å². The molecule has 1 aliphatic rings. The summed E-state index contributed by atoms with van der Waals surface area (Å²) in [5.41, 5.74) is 4.20. The van der Waals surface area contributed by atoms with Crippen molar-refractivity contribution in [3.63, 3.8) is 0 Å². The van der Waals surface area contributed by atoms with Gasteiger partial charge in [0.05, 0.1) is 11.3 Å². The quantitative estimate of drug-likeness (QED) is 0.737. The zero-order chi connectivity index (χ0) is 17.4. The largest absolute Gasteiger partial charge is 0.360 e. The van der Waals surface area contributed by atoms with Crippen LogP contribution in [0.2, 0.25) is 5.02 Å². The van der Waals surface area contributed by atoms with Crippen LogP contribution in [0.25, 0.3) is 0 Å². The number of aromatic nitrogens is 1. The lowest BCUT2D eigenvalue weighted by molar-refractivity contribution is 0.0993. The van der Waals surface area contributed by atoms with E-state index in [2.05, 4.69) is 10.3 Å². The molecule has 4 nitrogen and oxygen atoms in total. The second-order valence-corrected chi connectivity index (χ2v) is 6.44. The number of nitrogens with zero attached hydrogens (tertiary/aromatic N) is 2. The van der Waals surface area contributed by atoms with Crippen molar-refractivity contribution in [2.24, 2.45) is 0 Å². The van der Waals surface area contributed by atoms with Gasteiger partial charge in [-0.15, -0.1) is 0 Å². The molecule has 0 spiro atoms.